The number of ether oxygens (including phenoxy) is 2. The summed E-state index contributed by atoms with van der Waals surface area (Å²) in [7, 11) is 1.61. The monoisotopic (exact) mass is 548 g/mol. The van der Waals surface area contributed by atoms with Crippen molar-refractivity contribution in [3.63, 3.8) is 0 Å². The fraction of sp³-hybridized carbons (Fsp3) is 0.312. The number of pyridine rings is 1. The highest BCUT2D eigenvalue weighted by molar-refractivity contribution is 6.04. The zero-order chi connectivity index (χ0) is 28.8. The standard InChI is InChI=1S/C32H32N6O3/c1-6-28(39)37-15-22-21(23(22)16-37)11-12-24-29(30-31(33)34-17-35-32(30)38(24)18(2)3)20-10-13-25(26(14-20)40-5)41-27-9-7-8-19(4)36-27/h6-10,13-14,17-18,21-23H,1,15-16H2,2-5H3,(H2,33,34,35)/t21-,22-,23+. The van der Waals surface area contributed by atoms with Crippen molar-refractivity contribution in [1.82, 2.24) is 24.4 Å². The number of nitrogens with two attached hydrogens (primary N) is 1. The summed E-state index contributed by atoms with van der Waals surface area (Å²) in [5.74, 6) is 10.0. The molecule has 0 unspecified atom stereocenters. The molecule has 1 saturated heterocycles. The van der Waals surface area contributed by atoms with Crippen molar-refractivity contribution in [3.8, 4) is 40.3 Å². The van der Waals surface area contributed by atoms with Crippen molar-refractivity contribution in [2.24, 2.45) is 17.8 Å². The number of anilines is 1. The molecule has 41 heavy (non-hydrogen) atoms. The largest absolute Gasteiger partial charge is 0.493 e. The quantitative estimate of drug-likeness (QED) is 0.267. The summed E-state index contributed by atoms with van der Waals surface area (Å²) in [6, 6.07) is 11.4. The lowest BCUT2D eigenvalue weighted by Gasteiger charge is -2.16. The Morgan fingerprint density at radius 1 is 1.17 bits per heavy atom. The van der Waals surface area contributed by atoms with Gasteiger partial charge in [0.05, 0.1) is 12.5 Å². The fourth-order valence-electron chi connectivity index (χ4n) is 5.86. The number of piperidine rings is 1. The van der Waals surface area contributed by atoms with Crippen LogP contribution in [0.4, 0.5) is 5.82 Å². The topological polar surface area (TPSA) is 108 Å². The highest BCUT2D eigenvalue weighted by Gasteiger charge is 2.55. The Bertz CT molecular complexity index is 1740. The SMILES string of the molecule is C=CC(=O)N1C[C@@H]2[C@@H](C#Cc3c(-c4ccc(Oc5cccc(C)n5)c(OC)c4)c4c(N)ncnc4n3C(C)C)[C@@H]2C1. The summed E-state index contributed by atoms with van der Waals surface area (Å²) in [5, 5.41) is 0.750. The molecule has 0 bridgehead atoms. The number of aromatic nitrogens is 4. The molecule has 0 spiro atoms. The van der Waals surface area contributed by atoms with Crippen LogP contribution in [0.3, 0.4) is 0 Å². The number of likely N-dealkylation sites (tertiary alicyclic amines) is 1. The number of fused-ring (bicyclic) bond motifs is 2. The van der Waals surface area contributed by atoms with Crippen molar-refractivity contribution in [2.75, 3.05) is 25.9 Å². The number of rotatable bonds is 6. The van der Waals surface area contributed by atoms with Crippen molar-refractivity contribution >= 4 is 22.8 Å². The lowest BCUT2D eigenvalue weighted by atomic mass is 10.0. The highest BCUT2D eigenvalue weighted by atomic mass is 16.5. The zero-order valence-electron chi connectivity index (χ0n) is 23.6. The smallest absolute Gasteiger partial charge is 0.245 e. The molecule has 9 heteroatoms. The Morgan fingerprint density at radius 2 is 1.95 bits per heavy atom. The lowest BCUT2D eigenvalue weighted by molar-refractivity contribution is -0.125. The number of aryl methyl sites for hydroxylation is 1. The second-order valence-electron chi connectivity index (χ2n) is 10.8. The van der Waals surface area contributed by atoms with Gasteiger partial charge in [0.15, 0.2) is 11.5 Å². The van der Waals surface area contributed by atoms with Crippen LogP contribution in [0.5, 0.6) is 17.4 Å². The van der Waals surface area contributed by atoms with Gasteiger partial charge in [-0.2, -0.15) is 0 Å². The first-order valence-corrected chi connectivity index (χ1v) is 13.7. The first-order chi connectivity index (χ1) is 19.8. The summed E-state index contributed by atoms with van der Waals surface area (Å²) in [5.41, 5.74) is 10.6. The number of amides is 1. The summed E-state index contributed by atoms with van der Waals surface area (Å²) < 4.78 is 13.9. The number of hydrogen-bond donors (Lipinski definition) is 1. The van der Waals surface area contributed by atoms with Crippen LogP contribution in [0, 0.1) is 36.5 Å². The van der Waals surface area contributed by atoms with Crippen molar-refractivity contribution in [1.29, 1.82) is 0 Å². The molecule has 2 N–H and O–H groups in total. The van der Waals surface area contributed by atoms with E-state index in [2.05, 4.69) is 51.8 Å². The summed E-state index contributed by atoms with van der Waals surface area (Å²) in [4.78, 5) is 27.3. The van der Waals surface area contributed by atoms with Gasteiger partial charge in [-0.05, 0) is 68.4 Å². The van der Waals surface area contributed by atoms with Crippen LogP contribution in [-0.2, 0) is 4.79 Å². The fourth-order valence-corrected chi connectivity index (χ4v) is 5.86. The third-order valence-electron chi connectivity index (χ3n) is 7.90. The summed E-state index contributed by atoms with van der Waals surface area (Å²) in [6.07, 6.45) is 2.87. The van der Waals surface area contributed by atoms with Crippen LogP contribution < -0.4 is 15.2 Å². The Morgan fingerprint density at radius 3 is 2.63 bits per heavy atom. The number of hydrogen-bond acceptors (Lipinski definition) is 7. The van der Waals surface area contributed by atoms with Crippen LogP contribution in [-0.4, -0.2) is 50.5 Å². The molecular weight excluding hydrogens is 516 g/mol. The summed E-state index contributed by atoms with van der Waals surface area (Å²) in [6.45, 7) is 11.2. The molecule has 0 radical (unpaired) electrons. The maximum absolute atomic E-state index is 12.0. The van der Waals surface area contributed by atoms with Crippen molar-refractivity contribution < 1.29 is 14.3 Å². The van der Waals surface area contributed by atoms with Crippen LogP contribution >= 0.6 is 0 Å². The number of nitrogens with zero attached hydrogens (tertiary/aromatic N) is 5. The van der Waals surface area contributed by atoms with Gasteiger partial charge in [-0.3, -0.25) is 4.79 Å². The van der Waals surface area contributed by atoms with E-state index in [0.717, 1.165) is 46.6 Å². The molecule has 4 aromatic rings. The van der Waals surface area contributed by atoms with E-state index in [9.17, 15) is 4.79 Å². The molecule has 3 atom stereocenters. The Kier molecular flexibility index (Phi) is 6.62. The van der Waals surface area contributed by atoms with E-state index in [1.807, 2.05) is 48.2 Å². The van der Waals surface area contributed by atoms with Gasteiger partial charge in [0.1, 0.15) is 23.5 Å². The summed E-state index contributed by atoms with van der Waals surface area (Å²) >= 11 is 0. The first kappa shape index (κ1) is 26.4. The molecule has 208 valence electrons. The molecule has 2 aliphatic rings. The lowest BCUT2D eigenvalue weighted by Crippen LogP contribution is -2.29. The van der Waals surface area contributed by atoms with E-state index in [0.29, 0.717) is 35.0 Å². The Balaban J connectivity index is 1.43. The number of carbonyl (C=O) groups excluding carboxylic acids is 1. The molecule has 1 amide bonds. The minimum atomic E-state index is -0.0141. The average molecular weight is 549 g/mol. The van der Waals surface area contributed by atoms with Crippen molar-refractivity contribution in [3.05, 3.63) is 66.8 Å². The van der Waals surface area contributed by atoms with E-state index in [-0.39, 0.29) is 17.9 Å². The maximum atomic E-state index is 12.0. The van der Waals surface area contributed by atoms with Gasteiger partial charge < -0.3 is 24.7 Å². The normalized spacial score (nSPS) is 19.0. The van der Waals surface area contributed by atoms with E-state index >= 15 is 0 Å². The third-order valence-corrected chi connectivity index (χ3v) is 7.90. The molecular formula is C32H32N6O3. The van der Waals surface area contributed by atoms with Crippen LogP contribution in [0.1, 0.15) is 31.3 Å². The van der Waals surface area contributed by atoms with Gasteiger partial charge in [-0.15, -0.1) is 0 Å². The predicted molar refractivity (Wildman–Crippen MR) is 157 cm³/mol. The number of benzene rings is 1. The van der Waals surface area contributed by atoms with E-state index in [1.165, 1.54) is 12.4 Å². The highest BCUT2D eigenvalue weighted by Crippen LogP contribution is 2.51. The van der Waals surface area contributed by atoms with E-state index in [4.69, 9.17) is 15.2 Å². The van der Waals surface area contributed by atoms with Gasteiger partial charge in [-0.25, -0.2) is 15.0 Å². The Hall–Kier alpha value is -4.84. The number of nitrogen functional groups attached to an aromatic ring is 1. The molecule has 1 aliphatic heterocycles. The molecule has 3 aromatic heterocycles. The molecule has 2 fully saturated rings. The molecule has 1 saturated carbocycles. The molecule has 1 aliphatic carbocycles. The second kappa shape index (κ2) is 10.3. The van der Waals surface area contributed by atoms with Gasteiger partial charge in [0.2, 0.25) is 11.8 Å². The minimum absolute atomic E-state index is 0.0141. The van der Waals surface area contributed by atoms with Crippen molar-refractivity contribution in [2.45, 2.75) is 26.8 Å². The van der Waals surface area contributed by atoms with E-state index < -0.39 is 0 Å². The predicted octanol–water partition coefficient (Wildman–Crippen LogP) is 5.01. The van der Waals surface area contributed by atoms with E-state index in [1.54, 1.807) is 7.11 Å². The third kappa shape index (κ3) is 4.65. The maximum Gasteiger partial charge on any atom is 0.245 e. The Labute approximate surface area is 239 Å². The number of carbonyl (C=O) groups is 1. The first-order valence-electron chi connectivity index (χ1n) is 13.7. The zero-order valence-corrected chi connectivity index (χ0v) is 23.6. The minimum Gasteiger partial charge on any atom is -0.493 e. The van der Waals surface area contributed by atoms with Gasteiger partial charge in [-0.1, -0.05) is 24.6 Å². The number of methoxy groups -OCH3 is 1. The average Bonchev–Trinajstić information content (AvgIpc) is 3.27. The van der Waals surface area contributed by atoms with Gasteiger partial charge in [0, 0.05) is 42.4 Å². The van der Waals surface area contributed by atoms with Crippen LogP contribution in [0.25, 0.3) is 22.2 Å². The second-order valence-corrected chi connectivity index (χ2v) is 10.8. The molecule has 9 nitrogen and oxygen atoms in total. The van der Waals surface area contributed by atoms with Gasteiger partial charge in [0.25, 0.3) is 0 Å². The molecule has 6 rings (SSSR count). The van der Waals surface area contributed by atoms with Gasteiger partial charge >= 0.3 is 0 Å². The van der Waals surface area contributed by atoms with Crippen LogP contribution in [0.2, 0.25) is 0 Å². The molecule has 1 aromatic carbocycles. The molecule has 4 heterocycles. The van der Waals surface area contributed by atoms with Crippen LogP contribution in [0.15, 0.2) is 55.4 Å².